The molecule has 7 heteroatoms. The van der Waals surface area contributed by atoms with Crippen LogP contribution in [0.2, 0.25) is 5.02 Å². The molecule has 0 bridgehead atoms. The van der Waals surface area contributed by atoms with Gasteiger partial charge in [-0.15, -0.1) is 0 Å². The van der Waals surface area contributed by atoms with Gasteiger partial charge in [0.05, 0.1) is 9.50 Å². The minimum atomic E-state index is -4.33. The fraction of sp³-hybridized carbons (Fsp3) is 0.167. The Labute approximate surface area is 89.8 Å². The van der Waals surface area contributed by atoms with Gasteiger partial charge >= 0.3 is 5.51 Å². The van der Waals surface area contributed by atoms with Gasteiger partial charge in [-0.25, -0.2) is 4.98 Å². The molecule has 0 unspecified atom stereocenters. The molecular weight excluding hydrogens is 290 g/mol. The lowest BCUT2D eigenvalue weighted by atomic mass is 10.5. The van der Waals surface area contributed by atoms with E-state index < -0.39 is 5.51 Å². The summed E-state index contributed by atoms with van der Waals surface area (Å²) < 4.78 is 35.9. The number of thioether (sulfide) groups is 1. The molecule has 72 valence electrons. The molecule has 13 heavy (non-hydrogen) atoms. The highest BCUT2D eigenvalue weighted by Gasteiger charge is 2.31. The second-order valence-electron chi connectivity index (χ2n) is 1.99. The largest absolute Gasteiger partial charge is 0.447 e. The Kier molecular flexibility index (Phi) is 3.48. The van der Waals surface area contributed by atoms with Crippen LogP contribution < -0.4 is 0 Å². The van der Waals surface area contributed by atoms with Crippen molar-refractivity contribution in [1.82, 2.24) is 4.98 Å². The number of rotatable bonds is 1. The van der Waals surface area contributed by atoms with Gasteiger partial charge in [0.25, 0.3) is 0 Å². The topological polar surface area (TPSA) is 12.9 Å². The zero-order valence-corrected chi connectivity index (χ0v) is 9.06. The van der Waals surface area contributed by atoms with Crippen molar-refractivity contribution in [3.8, 4) is 0 Å². The summed E-state index contributed by atoms with van der Waals surface area (Å²) in [4.78, 5) is 3.53. The molecule has 0 aliphatic rings. The molecule has 0 saturated heterocycles. The first-order valence-corrected chi connectivity index (χ1v) is 4.94. The number of alkyl halides is 3. The van der Waals surface area contributed by atoms with Gasteiger partial charge in [-0.1, -0.05) is 11.6 Å². The van der Waals surface area contributed by atoms with Crippen molar-refractivity contribution >= 4 is 39.3 Å². The summed E-state index contributed by atoms with van der Waals surface area (Å²) in [7, 11) is 0. The van der Waals surface area contributed by atoms with E-state index in [-0.39, 0.29) is 21.3 Å². The lowest BCUT2D eigenvalue weighted by Gasteiger charge is -2.05. The average Bonchev–Trinajstić information content (AvgIpc) is 1.93. The van der Waals surface area contributed by atoms with Gasteiger partial charge in [-0.3, -0.25) is 0 Å². The Morgan fingerprint density at radius 1 is 1.46 bits per heavy atom. The fourth-order valence-electron chi connectivity index (χ4n) is 0.587. The lowest BCUT2D eigenvalue weighted by molar-refractivity contribution is -0.0329. The zero-order chi connectivity index (χ0) is 10.1. The summed E-state index contributed by atoms with van der Waals surface area (Å²) in [6.07, 6.45) is 1.17. The highest BCUT2D eigenvalue weighted by molar-refractivity contribution is 9.10. The van der Waals surface area contributed by atoms with E-state index in [0.717, 1.165) is 0 Å². The molecule has 1 nitrogen and oxygen atoms in total. The van der Waals surface area contributed by atoms with E-state index >= 15 is 0 Å². The van der Waals surface area contributed by atoms with Crippen molar-refractivity contribution < 1.29 is 13.2 Å². The number of aromatic nitrogens is 1. The second-order valence-corrected chi connectivity index (χ2v) is 4.33. The number of hydrogen-bond donors (Lipinski definition) is 0. The standard InChI is InChI=1S/C6H2BrClF3NS/c7-4-1-3(8)2-12-5(4)13-6(9,10)11/h1-2H. The maximum Gasteiger partial charge on any atom is 0.447 e. The Hall–Kier alpha value is 0.0600. The summed E-state index contributed by atoms with van der Waals surface area (Å²) in [5, 5.41) is 0.148. The first kappa shape index (κ1) is 11.1. The van der Waals surface area contributed by atoms with Gasteiger partial charge in [0.1, 0.15) is 5.03 Å². The first-order chi connectivity index (χ1) is 5.88. The zero-order valence-electron chi connectivity index (χ0n) is 5.90. The maximum atomic E-state index is 11.9. The summed E-state index contributed by atoms with van der Waals surface area (Å²) in [6.45, 7) is 0. The molecule has 0 atom stereocenters. The third-order valence-electron chi connectivity index (χ3n) is 0.986. The number of pyridine rings is 1. The van der Waals surface area contributed by atoms with Crippen LogP contribution in [-0.2, 0) is 0 Å². The summed E-state index contributed by atoms with van der Waals surface area (Å²) >= 11 is 8.16. The molecule has 0 radical (unpaired) electrons. The number of halogens is 5. The minimum absolute atomic E-state index is 0.142. The van der Waals surface area contributed by atoms with E-state index in [0.29, 0.717) is 5.02 Å². The maximum absolute atomic E-state index is 11.9. The van der Waals surface area contributed by atoms with Crippen molar-refractivity contribution in [3.05, 3.63) is 21.8 Å². The van der Waals surface area contributed by atoms with Crippen LogP contribution in [0.4, 0.5) is 13.2 Å². The van der Waals surface area contributed by atoms with E-state index in [1.165, 1.54) is 12.3 Å². The lowest BCUT2D eigenvalue weighted by Crippen LogP contribution is -2.00. The van der Waals surface area contributed by atoms with Crippen LogP contribution in [0.5, 0.6) is 0 Å². The van der Waals surface area contributed by atoms with Crippen molar-refractivity contribution in [2.75, 3.05) is 0 Å². The predicted octanol–water partition coefficient (Wildman–Crippen LogP) is 4.11. The van der Waals surface area contributed by atoms with Gasteiger partial charge in [-0.2, -0.15) is 13.2 Å². The third kappa shape index (κ3) is 3.74. The second kappa shape index (κ2) is 4.06. The van der Waals surface area contributed by atoms with Crippen molar-refractivity contribution in [3.63, 3.8) is 0 Å². The van der Waals surface area contributed by atoms with Crippen LogP contribution in [0.1, 0.15) is 0 Å². The molecule has 0 aliphatic carbocycles. The van der Waals surface area contributed by atoms with E-state index in [4.69, 9.17) is 11.6 Å². The monoisotopic (exact) mass is 291 g/mol. The molecule has 1 aromatic rings. The Morgan fingerprint density at radius 3 is 2.54 bits per heavy atom. The van der Waals surface area contributed by atoms with Crippen molar-refractivity contribution in [2.45, 2.75) is 10.5 Å². The molecule has 0 aliphatic heterocycles. The van der Waals surface area contributed by atoms with E-state index in [1.54, 1.807) is 0 Å². The number of hydrogen-bond acceptors (Lipinski definition) is 2. The summed E-state index contributed by atoms with van der Waals surface area (Å²) in [6, 6.07) is 1.36. The first-order valence-electron chi connectivity index (χ1n) is 2.95. The minimum Gasteiger partial charge on any atom is -0.247 e. The molecule has 0 N–H and O–H groups in total. The fourth-order valence-corrected chi connectivity index (χ4v) is 1.95. The quantitative estimate of drug-likeness (QED) is 0.723. The van der Waals surface area contributed by atoms with E-state index in [1.807, 2.05) is 0 Å². The molecule has 0 saturated carbocycles. The van der Waals surface area contributed by atoms with Crippen LogP contribution >= 0.6 is 39.3 Å². The molecule has 1 aromatic heterocycles. The Bertz CT molecular complexity index is 317. The van der Waals surface area contributed by atoms with Gasteiger partial charge in [0.2, 0.25) is 0 Å². The van der Waals surface area contributed by atoms with Gasteiger partial charge in [-0.05, 0) is 22.0 Å². The predicted molar refractivity (Wildman–Crippen MR) is 48.9 cm³/mol. The normalized spacial score (nSPS) is 11.8. The molecular formula is C6H2BrClF3NS. The van der Waals surface area contributed by atoms with Crippen LogP contribution in [0.15, 0.2) is 21.8 Å². The van der Waals surface area contributed by atoms with Crippen LogP contribution in [0.3, 0.4) is 0 Å². The van der Waals surface area contributed by atoms with Crippen LogP contribution in [-0.4, -0.2) is 10.5 Å². The van der Waals surface area contributed by atoms with Gasteiger partial charge in [0, 0.05) is 18.0 Å². The van der Waals surface area contributed by atoms with Gasteiger partial charge in [0.15, 0.2) is 0 Å². The molecule has 1 rings (SSSR count). The third-order valence-corrected chi connectivity index (χ3v) is 2.81. The average molecular weight is 293 g/mol. The molecule has 0 spiro atoms. The molecule has 1 heterocycles. The smallest absolute Gasteiger partial charge is 0.247 e. The highest BCUT2D eigenvalue weighted by atomic mass is 79.9. The molecule has 0 aromatic carbocycles. The van der Waals surface area contributed by atoms with Crippen molar-refractivity contribution in [2.24, 2.45) is 0 Å². The molecule has 0 amide bonds. The van der Waals surface area contributed by atoms with Gasteiger partial charge < -0.3 is 0 Å². The Morgan fingerprint density at radius 2 is 2.08 bits per heavy atom. The highest BCUT2D eigenvalue weighted by Crippen LogP contribution is 2.39. The Balaban J connectivity index is 2.90. The number of nitrogens with zero attached hydrogens (tertiary/aromatic N) is 1. The van der Waals surface area contributed by atoms with Crippen LogP contribution in [0.25, 0.3) is 0 Å². The summed E-state index contributed by atoms with van der Waals surface area (Å²) in [5.74, 6) is 0. The van der Waals surface area contributed by atoms with E-state index in [9.17, 15) is 13.2 Å². The molecule has 0 fully saturated rings. The SMILES string of the molecule is FC(F)(F)Sc1ncc(Cl)cc1Br. The van der Waals surface area contributed by atoms with E-state index in [2.05, 4.69) is 20.9 Å². The summed E-state index contributed by atoms with van der Waals surface area (Å²) in [5.41, 5.74) is -4.33. The van der Waals surface area contributed by atoms with Crippen LogP contribution in [0, 0.1) is 0 Å². The van der Waals surface area contributed by atoms with Crippen molar-refractivity contribution in [1.29, 1.82) is 0 Å².